The molecule has 6 heteroatoms. The fourth-order valence-electron chi connectivity index (χ4n) is 1.52. The zero-order valence-electron chi connectivity index (χ0n) is 9.68. The molecule has 2 aromatic rings. The van der Waals surface area contributed by atoms with E-state index >= 15 is 0 Å². The van der Waals surface area contributed by atoms with Crippen LogP contribution >= 0.6 is 22.7 Å². The van der Waals surface area contributed by atoms with Crippen LogP contribution in [0.15, 0.2) is 22.9 Å². The number of nitrogens with zero attached hydrogens (tertiary/aromatic N) is 1. The minimum Gasteiger partial charge on any atom is -0.359 e. The average molecular weight is 279 g/mol. The number of thiophene rings is 1. The van der Waals surface area contributed by atoms with E-state index in [0.717, 1.165) is 10.0 Å². The van der Waals surface area contributed by atoms with Gasteiger partial charge in [-0.25, -0.2) is 4.98 Å². The van der Waals surface area contributed by atoms with Gasteiger partial charge in [-0.1, -0.05) is 6.07 Å². The standard InChI is InChI=1S/C12H13N3OS2/c16-11(13-6-9-2-1-5-17-9)10-7-18-12(15-10)14-8-3-4-8/h1-2,5,7-8H,3-4,6H2,(H,13,16)(H,14,15). The molecule has 1 aliphatic carbocycles. The molecule has 1 aliphatic rings. The van der Waals surface area contributed by atoms with Crippen molar-refractivity contribution in [2.75, 3.05) is 5.32 Å². The van der Waals surface area contributed by atoms with Crippen LogP contribution in [0.25, 0.3) is 0 Å². The highest BCUT2D eigenvalue weighted by molar-refractivity contribution is 7.13. The van der Waals surface area contributed by atoms with Crippen molar-refractivity contribution in [2.24, 2.45) is 0 Å². The molecule has 0 radical (unpaired) electrons. The Kier molecular flexibility index (Phi) is 3.29. The number of rotatable bonds is 5. The van der Waals surface area contributed by atoms with E-state index in [-0.39, 0.29) is 5.91 Å². The lowest BCUT2D eigenvalue weighted by Gasteiger charge is -2.00. The molecule has 1 amide bonds. The SMILES string of the molecule is O=C(NCc1cccs1)c1csc(NC2CC2)n1. The number of carbonyl (C=O) groups is 1. The summed E-state index contributed by atoms with van der Waals surface area (Å²) >= 11 is 3.13. The predicted molar refractivity (Wildman–Crippen MR) is 74.2 cm³/mol. The molecule has 0 aromatic carbocycles. The molecule has 0 bridgehead atoms. The van der Waals surface area contributed by atoms with Crippen molar-refractivity contribution in [3.05, 3.63) is 33.5 Å². The summed E-state index contributed by atoms with van der Waals surface area (Å²) in [6.45, 7) is 0.569. The fourth-order valence-corrected chi connectivity index (χ4v) is 2.93. The van der Waals surface area contributed by atoms with Gasteiger partial charge in [-0.05, 0) is 24.3 Å². The number of hydrogen-bond acceptors (Lipinski definition) is 5. The van der Waals surface area contributed by atoms with Crippen molar-refractivity contribution in [3.63, 3.8) is 0 Å². The lowest BCUT2D eigenvalue weighted by Crippen LogP contribution is -2.22. The topological polar surface area (TPSA) is 54.0 Å². The summed E-state index contributed by atoms with van der Waals surface area (Å²) in [4.78, 5) is 17.3. The molecular weight excluding hydrogens is 266 g/mol. The van der Waals surface area contributed by atoms with E-state index in [4.69, 9.17) is 0 Å². The summed E-state index contributed by atoms with van der Waals surface area (Å²) in [5.74, 6) is -0.108. The first-order valence-electron chi connectivity index (χ1n) is 5.84. The maximum Gasteiger partial charge on any atom is 0.271 e. The second-order valence-electron chi connectivity index (χ2n) is 4.22. The number of nitrogens with one attached hydrogen (secondary N) is 2. The summed E-state index contributed by atoms with van der Waals surface area (Å²) in [6.07, 6.45) is 2.42. The van der Waals surface area contributed by atoms with Crippen LogP contribution in [0.2, 0.25) is 0 Å². The highest BCUT2D eigenvalue weighted by Gasteiger charge is 2.22. The molecule has 2 N–H and O–H groups in total. The van der Waals surface area contributed by atoms with Crippen molar-refractivity contribution in [2.45, 2.75) is 25.4 Å². The van der Waals surface area contributed by atoms with Crippen molar-refractivity contribution in [3.8, 4) is 0 Å². The summed E-state index contributed by atoms with van der Waals surface area (Å²) in [7, 11) is 0. The molecular formula is C12H13N3OS2. The first-order chi connectivity index (χ1) is 8.81. The number of carbonyl (C=O) groups excluding carboxylic acids is 1. The van der Waals surface area contributed by atoms with Crippen molar-refractivity contribution in [1.29, 1.82) is 0 Å². The molecule has 2 aromatic heterocycles. The van der Waals surface area contributed by atoms with Crippen LogP contribution in [0, 0.1) is 0 Å². The molecule has 3 rings (SSSR count). The van der Waals surface area contributed by atoms with E-state index < -0.39 is 0 Å². The lowest BCUT2D eigenvalue weighted by atomic mass is 10.4. The second-order valence-corrected chi connectivity index (χ2v) is 6.11. The van der Waals surface area contributed by atoms with Crippen LogP contribution in [0.4, 0.5) is 5.13 Å². The van der Waals surface area contributed by atoms with Crippen LogP contribution < -0.4 is 10.6 Å². The summed E-state index contributed by atoms with van der Waals surface area (Å²) in [5.41, 5.74) is 0.500. The highest BCUT2D eigenvalue weighted by atomic mass is 32.1. The maximum atomic E-state index is 11.9. The van der Waals surface area contributed by atoms with Gasteiger partial charge in [0.25, 0.3) is 5.91 Å². The van der Waals surface area contributed by atoms with E-state index in [9.17, 15) is 4.79 Å². The van der Waals surface area contributed by atoms with Crippen LogP contribution in [0.3, 0.4) is 0 Å². The minimum atomic E-state index is -0.108. The third kappa shape index (κ3) is 2.88. The number of amides is 1. The maximum absolute atomic E-state index is 11.9. The molecule has 2 heterocycles. The van der Waals surface area contributed by atoms with E-state index in [1.54, 1.807) is 16.7 Å². The zero-order chi connectivity index (χ0) is 12.4. The van der Waals surface area contributed by atoms with Crippen LogP contribution in [-0.4, -0.2) is 16.9 Å². The Balaban J connectivity index is 1.56. The summed E-state index contributed by atoms with van der Waals surface area (Å²) in [5, 5.41) is 10.8. The Labute approximate surface area is 113 Å². The first kappa shape index (κ1) is 11.7. The monoisotopic (exact) mass is 279 g/mol. The minimum absolute atomic E-state index is 0.108. The van der Waals surface area contributed by atoms with Gasteiger partial charge in [-0.15, -0.1) is 22.7 Å². The van der Waals surface area contributed by atoms with E-state index in [1.807, 2.05) is 17.5 Å². The number of aromatic nitrogens is 1. The summed E-state index contributed by atoms with van der Waals surface area (Å²) < 4.78 is 0. The average Bonchev–Trinajstić information content (AvgIpc) is 2.87. The zero-order valence-corrected chi connectivity index (χ0v) is 11.3. The molecule has 4 nitrogen and oxygen atoms in total. The lowest BCUT2D eigenvalue weighted by molar-refractivity contribution is 0.0947. The van der Waals surface area contributed by atoms with Gasteiger partial charge >= 0.3 is 0 Å². The third-order valence-corrected chi connectivity index (χ3v) is 4.29. The third-order valence-electron chi connectivity index (χ3n) is 2.65. The summed E-state index contributed by atoms with van der Waals surface area (Å²) in [6, 6.07) is 4.55. The first-order valence-corrected chi connectivity index (χ1v) is 7.60. The molecule has 0 atom stereocenters. The molecule has 94 valence electrons. The van der Waals surface area contributed by atoms with Gasteiger partial charge in [-0.2, -0.15) is 0 Å². The van der Waals surface area contributed by atoms with Gasteiger partial charge in [0.05, 0.1) is 6.54 Å². The predicted octanol–water partition coefficient (Wildman–Crippen LogP) is 2.71. The second kappa shape index (κ2) is 5.07. The Hall–Kier alpha value is -1.40. The van der Waals surface area contributed by atoms with Gasteiger partial charge in [0.15, 0.2) is 5.13 Å². The molecule has 0 unspecified atom stereocenters. The Morgan fingerprint density at radius 2 is 2.33 bits per heavy atom. The van der Waals surface area contributed by atoms with Crippen molar-refractivity contribution < 1.29 is 4.79 Å². The number of anilines is 1. The van der Waals surface area contributed by atoms with Gasteiger partial charge in [0.1, 0.15) is 5.69 Å². The molecule has 18 heavy (non-hydrogen) atoms. The van der Waals surface area contributed by atoms with Crippen LogP contribution in [0.5, 0.6) is 0 Å². The van der Waals surface area contributed by atoms with Crippen molar-refractivity contribution in [1.82, 2.24) is 10.3 Å². The number of thiazole rings is 1. The molecule has 1 saturated carbocycles. The molecule has 0 saturated heterocycles. The van der Waals surface area contributed by atoms with E-state index in [0.29, 0.717) is 18.3 Å². The van der Waals surface area contributed by atoms with Gasteiger partial charge in [0, 0.05) is 16.3 Å². The van der Waals surface area contributed by atoms with E-state index in [2.05, 4.69) is 15.6 Å². The largest absolute Gasteiger partial charge is 0.359 e. The fraction of sp³-hybridized carbons (Fsp3) is 0.333. The van der Waals surface area contributed by atoms with Gasteiger partial charge < -0.3 is 10.6 Å². The normalized spacial score (nSPS) is 14.4. The van der Waals surface area contributed by atoms with Crippen LogP contribution in [-0.2, 0) is 6.54 Å². The Bertz CT molecular complexity index is 531. The highest BCUT2D eigenvalue weighted by Crippen LogP contribution is 2.26. The molecule has 0 aliphatic heterocycles. The quantitative estimate of drug-likeness (QED) is 0.885. The smallest absolute Gasteiger partial charge is 0.271 e. The van der Waals surface area contributed by atoms with E-state index in [1.165, 1.54) is 24.2 Å². The Morgan fingerprint density at radius 3 is 3.06 bits per heavy atom. The molecule has 0 spiro atoms. The number of hydrogen-bond donors (Lipinski definition) is 2. The van der Waals surface area contributed by atoms with Crippen molar-refractivity contribution >= 4 is 33.7 Å². The Morgan fingerprint density at radius 1 is 1.44 bits per heavy atom. The molecule has 1 fully saturated rings. The van der Waals surface area contributed by atoms with Gasteiger partial charge in [-0.3, -0.25) is 4.79 Å². The van der Waals surface area contributed by atoms with Gasteiger partial charge in [0.2, 0.25) is 0 Å². The van der Waals surface area contributed by atoms with Crippen LogP contribution in [0.1, 0.15) is 28.2 Å².